The Morgan fingerprint density at radius 2 is 2.18 bits per heavy atom. The molecule has 0 spiro atoms. The lowest BCUT2D eigenvalue weighted by Crippen LogP contribution is -2.25. The number of rotatable bonds is 5. The van der Waals surface area contributed by atoms with Gasteiger partial charge in [0.25, 0.3) is 12.3 Å². The van der Waals surface area contributed by atoms with Crippen molar-refractivity contribution >= 4 is 27.5 Å². The van der Waals surface area contributed by atoms with E-state index < -0.39 is 12.3 Å². The number of hydrogen-bond donors (Lipinski definition) is 2. The predicted molar refractivity (Wildman–Crippen MR) is 79.2 cm³/mol. The van der Waals surface area contributed by atoms with Crippen molar-refractivity contribution in [3.05, 3.63) is 46.7 Å². The number of hydrogen-bond acceptors (Lipinski definition) is 4. The molecule has 2 N–H and O–H groups in total. The van der Waals surface area contributed by atoms with Crippen LogP contribution in [0, 0.1) is 0 Å². The van der Waals surface area contributed by atoms with Gasteiger partial charge in [-0.15, -0.1) is 11.3 Å². The van der Waals surface area contributed by atoms with Gasteiger partial charge in [-0.3, -0.25) is 9.89 Å². The Hall–Kier alpha value is -2.35. The Bertz CT molecular complexity index is 766. The predicted octanol–water partition coefficient (Wildman–Crippen LogP) is 2.93. The Labute approximate surface area is 128 Å². The first-order chi connectivity index (χ1) is 10.6. The summed E-state index contributed by atoms with van der Waals surface area (Å²) in [7, 11) is 0. The van der Waals surface area contributed by atoms with Crippen molar-refractivity contribution in [2.24, 2.45) is 0 Å². The molecule has 0 saturated heterocycles. The highest BCUT2D eigenvalue weighted by atomic mass is 32.1. The fraction of sp³-hybridized carbons (Fsp3) is 0.214. The third-order valence-corrected chi connectivity index (χ3v) is 4.12. The van der Waals surface area contributed by atoms with E-state index in [1.54, 1.807) is 11.3 Å². The van der Waals surface area contributed by atoms with Crippen LogP contribution in [0.5, 0.6) is 0 Å². The lowest BCUT2D eigenvalue weighted by atomic mass is 10.3. The van der Waals surface area contributed by atoms with Crippen LogP contribution in [0.3, 0.4) is 0 Å². The Kier molecular flexibility index (Phi) is 4.10. The number of thiazole rings is 1. The third-order valence-electron chi connectivity index (χ3n) is 3.03. The van der Waals surface area contributed by atoms with E-state index in [-0.39, 0.29) is 11.4 Å². The second kappa shape index (κ2) is 6.18. The summed E-state index contributed by atoms with van der Waals surface area (Å²) < 4.78 is 25.9. The zero-order valence-electron chi connectivity index (χ0n) is 11.3. The van der Waals surface area contributed by atoms with E-state index in [2.05, 4.69) is 20.5 Å². The van der Waals surface area contributed by atoms with E-state index in [4.69, 9.17) is 0 Å². The van der Waals surface area contributed by atoms with Crippen LogP contribution >= 0.6 is 11.3 Å². The molecule has 2 aromatic heterocycles. The molecule has 2 heterocycles. The Morgan fingerprint density at radius 1 is 1.36 bits per heavy atom. The number of H-pyrrole nitrogens is 1. The summed E-state index contributed by atoms with van der Waals surface area (Å²) in [4.78, 5) is 16.2. The summed E-state index contributed by atoms with van der Waals surface area (Å²) in [5, 5.41) is 9.27. The Balaban J connectivity index is 1.56. The number of fused-ring (bicyclic) bond motifs is 1. The van der Waals surface area contributed by atoms with Gasteiger partial charge in [0.1, 0.15) is 11.4 Å². The van der Waals surface area contributed by atoms with E-state index in [9.17, 15) is 13.6 Å². The molecule has 0 unspecified atom stereocenters. The largest absolute Gasteiger partial charge is 0.350 e. The summed E-state index contributed by atoms with van der Waals surface area (Å²) in [6.45, 7) is 0.371. The normalized spacial score (nSPS) is 11.2. The summed E-state index contributed by atoms with van der Waals surface area (Å²) in [5.74, 6) is -0.482. The molecule has 1 amide bonds. The molecule has 22 heavy (non-hydrogen) atoms. The molecular formula is C14H12F2N4OS. The summed E-state index contributed by atoms with van der Waals surface area (Å²) in [5.41, 5.74) is 0.527. The first-order valence-electron chi connectivity index (χ1n) is 6.59. The number of halogens is 2. The number of para-hydroxylation sites is 1. The zero-order valence-corrected chi connectivity index (χ0v) is 12.2. The smallest absolute Gasteiger partial charge is 0.279 e. The Morgan fingerprint density at radius 3 is 2.91 bits per heavy atom. The van der Waals surface area contributed by atoms with Gasteiger partial charge in [0.15, 0.2) is 0 Å². The summed E-state index contributed by atoms with van der Waals surface area (Å²) in [6, 6.07) is 8.85. The van der Waals surface area contributed by atoms with Gasteiger partial charge in [-0.25, -0.2) is 13.8 Å². The standard InChI is InChI=1S/C14H12F2N4OS/c15-13(16)9-7-10(20-19-9)14(21)17-6-5-12-18-8-3-1-2-4-11(8)22-12/h1-4,7,13H,5-6H2,(H,17,21)(H,19,20). The number of amides is 1. The average Bonchev–Trinajstić information content (AvgIpc) is 3.13. The third kappa shape index (κ3) is 3.11. The molecule has 0 aliphatic heterocycles. The molecule has 5 nitrogen and oxygen atoms in total. The van der Waals surface area contributed by atoms with Gasteiger partial charge in [-0.1, -0.05) is 12.1 Å². The minimum absolute atomic E-state index is 0.0420. The number of aromatic amines is 1. The van der Waals surface area contributed by atoms with E-state index >= 15 is 0 Å². The van der Waals surface area contributed by atoms with Crippen molar-refractivity contribution in [2.75, 3.05) is 6.54 Å². The highest BCUT2D eigenvalue weighted by Gasteiger charge is 2.15. The highest BCUT2D eigenvalue weighted by Crippen LogP contribution is 2.21. The van der Waals surface area contributed by atoms with E-state index in [1.165, 1.54) is 0 Å². The van der Waals surface area contributed by atoms with Gasteiger partial charge in [0.2, 0.25) is 0 Å². The maximum absolute atomic E-state index is 12.4. The molecule has 0 saturated carbocycles. The van der Waals surface area contributed by atoms with Gasteiger partial charge >= 0.3 is 0 Å². The van der Waals surface area contributed by atoms with Crippen LogP contribution in [0.2, 0.25) is 0 Å². The van der Waals surface area contributed by atoms with Gasteiger partial charge in [0, 0.05) is 13.0 Å². The van der Waals surface area contributed by atoms with E-state index in [0.29, 0.717) is 13.0 Å². The lowest BCUT2D eigenvalue weighted by molar-refractivity contribution is 0.0949. The van der Waals surface area contributed by atoms with Crippen LogP contribution in [-0.4, -0.2) is 27.6 Å². The number of benzene rings is 1. The van der Waals surface area contributed by atoms with Crippen LogP contribution < -0.4 is 5.32 Å². The molecule has 8 heteroatoms. The average molecular weight is 322 g/mol. The van der Waals surface area contributed by atoms with Crippen LogP contribution in [0.4, 0.5) is 8.78 Å². The SMILES string of the molecule is O=C(NCCc1nc2ccccc2s1)c1cc(C(F)F)[nH]n1. The molecule has 0 fully saturated rings. The first-order valence-corrected chi connectivity index (χ1v) is 7.41. The maximum atomic E-state index is 12.4. The molecular weight excluding hydrogens is 310 g/mol. The van der Waals surface area contributed by atoms with Gasteiger partial charge in [0.05, 0.1) is 15.2 Å². The molecule has 0 aliphatic rings. The number of aromatic nitrogens is 3. The van der Waals surface area contributed by atoms with Crippen LogP contribution in [0.15, 0.2) is 30.3 Å². The fourth-order valence-electron chi connectivity index (χ4n) is 1.97. The van der Waals surface area contributed by atoms with Crippen molar-refractivity contribution in [2.45, 2.75) is 12.8 Å². The number of nitrogens with one attached hydrogen (secondary N) is 2. The van der Waals surface area contributed by atoms with Crippen molar-refractivity contribution < 1.29 is 13.6 Å². The molecule has 3 rings (SSSR count). The van der Waals surface area contributed by atoms with E-state index in [1.807, 2.05) is 24.3 Å². The number of carbonyl (C=O) groups excluding carboxylic acids is 1. The van der Waals surface area contributed by atoms with Gasteiger partial charge in [-0.05, 0) is 18.2 Å². The topological polar surface area (TPSA) is 70.7 Å². The fourth-order valence-corrected chi connectivity index (χ4v) is 2.93. The molecule has 3 aromatic rings. The number of carbonyl (C=O) groups is 1. The monoisotopic (exact) mass is 322 g/mol. The summed E-state index contributed by atoms with van der Waals surface area (Å²) >= 11 is 1.57. The molecule has 114 valence electrons. The van der Waals surface area contributed by atoms with Crippen LogP contribution in [0.25, 0.3) is 10.2 Å². The molecule has 0 aliphatic carbocycles. The lowest BCUT2D eigenvalue weighted by Gasteiger charge is -2.00. The van der Waals surface area contributed by atoms with Crippen molar-refractivity contribution in [3.8, 4) is 0 Å². The van der Waals surface area contributed by atoms with Crippen LogP contribution in [0.1, 0.15) is 27.6 Å². The van der Waals surface area contributed by atoms with Gasteiger partial charge in [-0.2, -0.15) is 5.10 Å². The number of nitrogens with zero attached hydrogens (tertiary/aromatic N) is 2. The minimum Gasteiger partial charge on any atom is -0.350 e. The highest BCUT2D eigenvalue weighted by molar-refractivity contribution is 7.18. The summed E-state index contributed by atoms with van der Waals surface area (Å²) in [6.07, 6.45) is -2.09. The minimum atomic E-state index is -2.67. The molecule has 1 aromatic carbocycles. The van der Waals surface area contributed by atoms with Gasteiger partial charge < -0.3 is 5.32 Å². The quantitative estimate of drug-likeness (QED) is 0.759. The first kappa shape index (κ1) is 14.6. The molecule has 0 radical (unpaired) electrons. The molecule has 0 bridgehead atoms. The van der Waals surface area contributed by atoms with E-state index in [0.717, 1.165) is 21.3 Å². The maximum Gasteiger partial charge on any atom is 0.279 e. The van der Waals surface area contributed by atoms with Crippen LogP contribution in [-0.2, 0) is 6.42 Å². The second-order valence-corrected chi connectivity index (χ2v) is 5.71. The van der Waals surface area contributed by atoms with Crippen molar-refractivity contribution in [3.63, 3.8) is 0 Å². The second-order valence-electron chi connectivity index (χ2n) is 4.59. The van der Waals surface area contributed by atoms with Crippen molar-refractivity contribution in [1.29, 1.82) is 0 Å². The zero-order chi connectivity index (χ0) is 15.5. The number of alkyl halides is 2. The molecule has 0 atom stereocenters. The van der Waals surface area contributed by atoms with Crippen molar-refractivity contribution in [1.82, 2.24) is 20.5 Å².